The van der Waals surface area contributed by atoms with E-state index in [1.54, 1.807) is 12.4 Å². The first-order valence-corrected chi connectivity index (χ1v) is 9.13. The molecule has 1 saturated carbocycles. The molecular weight excluding hydrogens is 312 g/mol. The van der Waals surface area contributed by atoms with Crippen LogP contribution in [0.3, 0.4) is 0 Å². The molecule has 1 fully saturated rings. The SMILES string of the molecule is Cc1ccncc1CNC(=O)c1ccc(OCC2CCCCC2)cc1. The number of amides is 1. The second-order valence-electron chi connectivity index (χ2n) is 6.82. The smallest absolute Gasteiger partial charge is 0.251 e. The van der Waals surface area contributed by atoms with E-state index in [0.717, 1.165) is 23.5 Å². The van der Waals surface area contributed by atoms with Gasteiger partial charge >= 0.3 is 0 Å². The van der Waals surface area contributed by atoms with Crippen molar-refractivity contribution in [2.75, 3.05) is 6.61 Å². The summed E-state index contributed by atoms with van der Waals surface area (Å²) in [6, 6.07) is 9.35. The topological polar surface area (TPSA) is 51.2 Å². The minimum Gasteiger partial charge on any atom is -0.493 e. The Morgan fingerprint density at radius 2 is 1.92 bits per heavy atom. The van der Waals surface area contributed by atoms with Crippen molar-refractivity contribution in [1.29, 1.82) is 0 Å². The highest BCUT2D eigenvalue weighted by molar-refractivity contribution is 5.94. The summed E-state index contributed by atoms with van der Waals surface area (Å²) in [6.45, 7) is 3.28. The first-order valence-electron chi connectivity index (χ1n) is 9.13. The number of nitrogens with one attached hydrogen (secondary N) is 1. The molecule has 1 heterocycles. The Kier molecular flexibility index (Phi) is 6.04. The van der Waals surface area contributed by atoms with E-state index in [4.69, 9.17) is 4.74 Å². The normalized spacial score (nSPS) is 14.9. The van der Waals surface area contributed by atoms with E-state index in [2.05, 4.69) is 10.3 Å². The molecule has 4 heteroatoms. The van der Waals surface area contributed by atoms with E-state index < -0.39 is 0 Å². The molecule has 1 aromatic heterocycles. The van der Waals surface area contributed by atoms with Gasteiger partial charge < -0.3 is 10.1 Å². The van der Waals surface area contributed by atoms with Crippen molar-refractivity contribution in [3.05, 3.63) is 59.4 Å². The Morgan fingerprint density at radius 3 is 2.64 bits per heavy atom. The van der Waals surface area contributed by atoms with Crippen molar-refractivity contribution < 1.29 is 9.53 Å². The molecule has 0 spiro atoms. The fraction of sp³-hybridized carbons (Fsp3) is 0.429. The number of ether oxygens (including phenoxy) is 1. The minimum absolute atomic E-state index is 0.0814. The number of rotatable bonds is 6. The van der Waals surface area contributed by atoms with Crippen molar-refractivity contribution in [3.8, 4) is 5.75 Å². The molecule has 0 bridgehead atoms. The standard InChI is InChI=1S/C21H26N2O2/c1-16-11-12-22-13-19(16)14-23-21(24)18-7-9-20(10-8-18)25-15-17-5-3-2-4-6-17/h7-13,17H,2-6,14-15H2,1H3,(H,23,24). The van der Waals surface area contributed by atoms with Crippen LogP contribution in [-0.2, 0) is 6.54 Å². The fourth-order valence-electron chi connectivity index (χ4n) is 3.23. The summed E-state index contributed by atoms with van der Waals surface area (Å²) in [7, 11) is 0. The summed E-state index contributed by atoms with van der Waals surface area (Å²) in [5.41, 5.74) is 2.80. The van der Waals surface area contributed by atoms with Gasteiger partial charge in [0, 0.05) is 24.5 Å². The van der Waals surface area contributed by atoms with Crippen LogP contribution >= 0.6 is 0 Å². The predicted octanol–water partition coefficient (Wildman–Crippen LogP) is 4.28. The van der Waals surface area contributed by atoms with Crippen molar-refractivity contribution in [3.63, 3.8) is 0 Å². The molecule has 1 amide bonds. The molecule has 0 atom stereocenters. The number of carbonyl (C=O) groups is 1. The van der Waals surface area contributed by atoms with Crippen LogP contribution in [0, 0.1) is 12.8 Å². The van der Waals surface area contributed by atoms with Crippen LogP contribution in [0.1, 0.15) is 53.6 Å². The third-order valence-electron chi connectivity index (χ3n) is 4.91. The molecule has 132 valence electrons. The number of pyridine rings is 1. The Hall–Kier alpha value is -2.36. The summed E-state index contributed by atoms with van der Waals surface area (Å²) in [4.78, 5) is 16.4. The van der Waals surface area contributed by atoms with Gasteiger partial charge in [0.15, 0.2) is 0 Å². The van der Waals surface area contributed by atoms with Crippen molar-refractivity contribution in [1.82, 2.24) is 10.3 Å². The van der Waals surface area contributed by atoms with Gasteiger partial charge in [-0.2, -0.15) is 0 Å². The Bertz CT molecular complexity index is 691. The Balaban J connectivity index is 1.49. The minimum atomic E-state index is -0.0814. The van der Waals surface area contributed by atoms with Crippen molar-refractivity contribution >= 4 is 5.91 Å². The van der Waals surface area contributed by atoms with E-state index >= 15 is 0 Å². The van der Waals surface area contributed by atoms with E-state index in [-0.39, 0.29) is 5.91 Å². The molecule has 1 aliphatic rings. The number of nitrogens with zero attached hydrogens (tertiary/aromatic N) is 1. The lowest BCUT2D eigenvalue weighted by molar-refractivity contribution is 0.0951. The highest BCUT2D eigenvalue weighted by Crippen LogP contribution is 2.24. The summed E-state index contributed by atoms with van der Waals surface area (Å²) in [6.07, 6.45) is 10.1. The molecule has 1 N–H and O–H groups in total. The van der Waals surface area contributed by atoms with Gasteiger partial charge in [0.1, 0.15) is 5.75 Å². The number of aromatic nitrogens is 1. The van der Waals surface area contributed by atoms with Gasteiger partial charge in [0.2, 0.25) is 0 Å². The number of benzene rings is 1. The molecule has 25 heavy (non-hydrogen) atoms. The van der Waals surface area contributed by atoms with Crippen LogP contribution < -0.4 is 10.1 Å². The molecule has 2 aromatic rings. The lowest BCUT2D eigenvalue weighted by atomic mass is 9.90. The highest BCUT2D eigenvalue weighted by atomic mass is 16.5. The first kappa shape index (κ1) is 17.5. The average molecular weight is 338 g/mol. The maximum atomic E-state index is 12.3. The van der Waals surface area contributed by atoms with Crippen LogP contribution in [0.4, 0.5) is 0 Å². The summed E-state index contributed by atoms with van der Waals surface area (Å²) in [5, 5.41) is 2.94. The van der Waals surface area contributed by atoms with Crippen LogP contribution in [0.5, 0.6) is 5.75 Å². The van der Waals surface area contributed by atoms with Gasteiger partial charge in [-0.15, -0.1) is 0 Å². The maximum absolute atomic E-state index is 12.3. The zero-order valence-electron chi connectivity index (χ0n) is 14.8. The Labute approximate surface area is 149 Å². The van der Waals surface area contributed by atoms with E-state index in [1.807, 2.05) is 37.3 Å². The van der Waals surface area contributed by atoms with E-state index in [0.29, 0.717) is 18.0 Å². The second-order valence-corrected chi connectivity index (χ2v) is 6.82. The summed E-state index contributed by atoms with van der Waals surface area (Å²) < 4.78 is 5.89. The molecule has 0 unspecified atom stereocenters. The number of hydrogen-bond acceptors (Lipinski definition) is 3. The second kappa shape index (κ2) is 8.65. The average Bonchev–Trinajstić information content (AvgIpc) is 2.67. The van der Waals surface area contributed by atoms with Crippen molar-refractivity contribution in [2.45, 2.75) is 45.6 Å². The fourth-order valence-corrected chi connectivity index (χ4v) is 3.23. The van der Waals surface area contributed by atoms with Gasteiger partial charge in [-0.25, -0.2) is 0 Å². The molecule has 0 saturated heterocycles. The molecule has 1 aromatic carbocycles. The third-order valence-corrected chi connectivity index (χ3v) is 4.91. The number of carbonyl (C=O) groups excluding carboxylic acids is 1. The molecule has 3 rings (SSSR count). The monoisotopic (exact) mass is 338 g/mol. The van der Waals surface area contributed by atoms with E-state index in [9.17, 15) is 4.79 Å². The van der Waals surface area contributed by atoms with Crippen LogP contribution in [0.15, 0.2) is 42.7 Å². The molecule has 1 aliphatic carbocycles. The summed E-state index contributed by atoms with van der Waals surface area (Å²) >= 11 is 0. The zero-order valence-corrected chi connectivity index (χ0v) is 14.8. The van der Waals surface area contributed by atoms with Gasteiger partial charge in [-0.05, 0) is 67.1 Å². The molecule has 0 aliphatic heterocycles. The van der Waals surface area contributed by atoms with Crippen LogP contribution in [0.2, 0.25) is 0 Å². The third kappa shape index (κ3) is 5.05. The molecule has 4 nitrogen and oxygen atoms in total. The van der Waals surface area contributed by atoms with Gasteiger partial charge in [0.05, 0.1) is 6.61 Å². The lowest BCUT2D eigenvalue weighted by Crippen LogP contribution is -2.23. The molecular formula is C21H26N2O2. The molecule has 0 radical (unpaired) electrons. The predicted molar refractivity (Wildman–Crippen MR) is 98.7 cm³/mol. The first-order chi connectivity index (χ1) is 12.2. The van der Waals surface area contributed by atoms with E-state index in [1.165, 1.54) is 32.1 Å². The van der Waals surface area contributed by atoms with Gasteiger partial charge in [-0.3, -0.25) is 9.78 Å². The highest BCUT2D eigenvalue weighted by Gasteiger charge is 2.14. The zero-order chi connectivity index (χ0) is 17.5. The maximum Gasteiger partial charge on any atom is 0.251 e. The largest absolute Gasteiger partial charge is 0.493 e. The summed E-state index contributed by atoms with van der Waals surface area (Å²) in [5.74, 6) is 1.44. The van der Waals surface area contributed by atoms with Crippen LogP contribution in [0.25, 0.3) is 0 Å². The Morgan fingerprint density at radius 1 is 1.16 bits per heavy atom. The van der Waals surface area contributed by atoms with Gasteiger partial charge in [-0.1, -0.05) is 19.3 Å². The van der Waals surface area contributed by atoms with Crippen molar-refractivity contribution in [2.24, 2.45) is 5.92 Å². The lowest BCUT2D eigenvalue weighted by Gasteiger charge is -2.21. The van der Waals surface area contributed by atoms with Crippen LogP contribution in [-0.4, -0.2) is 17.5 Å². The van der Waals surface area contributed by atoms with Gasteiger partial charge in [0.25, 0.3) is 5.91 Å². The number of hydrogen-bond donors (Lipinski definition) is 1. The number of aryl methyl sites for hydroxylation is 1. The quantitative estimate of drug-likeness (QED) is 0.855.